The van der Waals surface area contributed by atoms with Crippen LogP contribution in [0.1, 0.15) is 11.8 Å². The predicted octanol–water partition coefficient (Wildman–Crippen LogP) is 1.96. The number of hydrogen-bond acceptors (Lipinski definition) is 5. The van der Waals surface area contributed by atoms with Crippen molar-refractivity contribution in [1.82, 2.24) is 9.97 Å². The van der Waals surface area contributed by atoms with E-state index >= 15 is 0 Å². The molecule has 0 spiro atoms. The summed E-state index contributed by atoms with van der Waals surface area (Å²) in [7, 11) is 0. The standard InChI is InChI=1S/C11H13ClN4OS/c1-3-16(5-8(13)17)9-7-4-6(2)18-10(7)15-11(12)14-9/h4H,3,5H2,1-2H3,(H2,13,17). The van der Waals surface area contributed by atoms with Gasteiger partial charge in [0.1, 0.15) is 10.6 Å². The molecule has 2 N–H and O–H groups in total. The molecule has 0 atom stereocenters. The van der Waals surface area contributed by atoms with E-state index in [1.807, 2.05) is 19.9 Å². The average Bonchev–Trinajstić information content (AvgIpc) is 2.64. The zero-order chi connectivity index (χ0) is 13.3. The minimum atomic E-state index is -0.397. The molecule has 0 aliphatic heterocycles. The minimum absolute atomic E-state index is 0.119. The van der Waals surface area contributed by atoms with Gasteiger partial charge in [0.25, 0.3) is 0 Å². The average molecular weight is 285 g/mol. The van der Waals surface area contributed by atoms with Gasteiger partial charge in [-0.15, -0.1) is 11.3 Å². The van der Waals surface area contributed by atoms with E-state index in [9.17, 15) is 4.79 Å². The number of carbonyl (C=O) groups excluding carboxylic acids is 1. The molecular formula is C11H13ClN4OS. The second-order valence-electron chi connectivity index (χ2n) is 3.87. The second-order valence-corrected chi connectivity index (χ2v) is 5.45. The lowest BCUT2D eigenvalue weighted by atomic mass is 10.3. The van der Waals surface area contributed by atoms with E-state index in [1.165, 1.54) is 0 Å². The smallest absolute Gasteiger partial charge is 0.236 e. The molecule has 0 bridgehead atoms. The molecular weight excluding hydrogens is 272 g/mol. The summed E-state index contributed by atoms with van der Waals surface area (Å²) >= 11 is 7.46. The van der Waals surface area contributed by atoms with Crippen molar-refractivity contribution in [2.24, 2.45) is 5.73 Å². The van der Waals surface area contributed by atoms with Crippen LogP contribution in [0.5, 0.6) is 0 Å². The van der Waals surface area contributed by atoms with Crippen molar-refractivity contribution in [1.29, 1.82) is 0 Å². The largest absolute Gasteiger partial charge is 0.368 e. The van der Waals surface area contributed by atoms with Crippen molar-refractivity contribution >= 4 is 44.9 Å². The van der Waals surface area contributed by atoms with Crippen molar-refractivity contribution in [3.05, 3.63) is 16.2 Å². The number of aryl methyl sites for hydroxylation is 1. The van der Waals surface area contributed by atoms with Crippen LogP contribution >= 0.6 is 22.9 Å². The molecule has 0 aromatic carbocycles. The third-order valence-corrected chi connectivity index (χ3v) is 3.61. The zero-order valence-electron chi connectivity index (χ0n) is 10.1. The lowest BCUT2D eigenvalue weighted by Crippen LogP contribution is -2.34. The molecule has 5 nitrogen and oxygen atoms in total. The van der Waals surface area contributed by atoms with Crippen LogP contribution in [0.15, 0.2) is 6.07 Å². The fraction of sp³-hybridized carbons (Fsp3) is 0.364. The van der Waals surface area contributed by atoms with Gasteiger partial charge in [0.05, 0.1) is 11.9 Å². The molecule has 2 aromatic rings. The van der Waals surface area contributed by atoms with E-state index in [1.54, 1.807) is 16.2 Å². The van der Waals surface area contributed by atoms with E-state index in [-0.39, 0.29) is 11.8 Å². The predicted molar refractivity (Wildman–Crippen MR) is 74.2 cm³/mol. The fourth-order valence-corrected chi connectivity index (χ4v) is 2.86. The van der Waals surface area contributed by atoms with Crippen LogP contribution < -0.4 is 10.6 Å². The topological polar surface area (TPSA) is 72.1 Å². The molecule has 18 heavy (non-hydrogen) atoms. The molecule has 0 fully saturated rings. The first kappa shape index (κ1) is 13.0. The Morgan fingerprint density at radius 3 is 2.89 bits per heavy atom. The third kappa shape index (κ3) is 2.54. The Balaban J connectivity index is 2.56. The highest BCUT2D eigenvalue weighted by Gasteiger charge is 2.16. The van der Waals surface area contributed by atoms with Gasteiger partial charge in [-0.3, -0.25) is 4.79 Å². The number of nitrogens with two attached hydrogens (primary N) is 1. The van der Waals surface area contributed by atoms with Crippen molar-refractivity contribution in [3.8, 4) is 0 Å². The Kier molecular flexibility index (Phi) is 3.68. The summed E-state index contributed by atoms with van der Waals surface area (Å²) in [6.45, 7) is 4.67. The summed E-state index contributed by atoms with van der Waals surface area (Å²) in [4.78, 5) is 23.2. The monoisotopic (exact) mass is 284 g/mol. The molecule has 0 saturated carbocycles. The number of nitrogens with zero attached hydrogens (tertiary/aromatic N) is 3. The van der Waals surface area contributed by atoms with Gasteiger partial charge >= 0.3 is 0 Å². The number of amides is 1. The molecule has 1 amide bonds. The van der Waals surface area contributed by atoms with Gasteiger partial charge in [-0.2, -0.15) is 4.98 Å². The molecule has 96 valence electrons. The quantitative estimate of drug-likeness (QED) is 0.871. The van der Waals surface area contributed by atoms with Crippen LogP contribution in [0.4, 0.5) is 5.82 Å². The molecule has 2 aromatic heterocycles. The van der Waals surface area contributed by atoms with Gasteiger partial charge in [-0.1, -0.05) is 0 Å². The normalized spacial score (nSPS) is 10.8. The van der Waals surface area contributed by atoms with Crippen LogP contribution in [0.2, 0.25) is 5.28 Å². The number of hydrogen-bond donors (Lipinski definition) is 1. The summed E-state index contributed by atoms with van der Waals surface area (Å²) in [5.74, 6) is 0.266. The number of likely N-dealkylation sites (N-methyl/N-ethyl adjacent to an activating group) is 1. The summed E-state index contributed by atoms with van der Waals surface area (Å²) in [5.41, 5.74) is 5.24. The van der Waals surface area contributed by atoms with Crippen LogP contribution in [0.25, 0.3) is 10.2 Å². The molecule has 2 heterocycles. The lowest BCUT2D eigenvalue weighted by molar-refractivity contribution is -0.116. The van der Waals surface area contributed by atoms with Crippen molar-refractivity contribution in [2.45, 2.75) is 13.8 Å². The molecule has 0 saturated heterocycles. The van der Waals surface area contributed by atoms with Gasteiger partial charge in [0.15, 0.2) is 0 Å². The highest BCUT2D eigenvalue weighted by atomic mass is 35.5. The zero-order valence-corrected chi connectivity index (χ0v) is 11.7. The minimum Gasteiger partial charge on any atom is -0.368 e. The van der Waals surface area contributed by atoms with Crippen molar-refractivity contribution < 1.29 is 4.79 Å². The van der Waals surface area contributed by atoms with Crippen molar-refractivity contribution in [3.63, 3.8) is 0 Å². The molecule has 0 unspecified atom stereocenters. The number of thiophene rings is 1. The first-order chi connectivity index (χ1) is 8.51. The highest BCUT2D eigenvalue weighted by Crippen LogP contribution is 2.31. The number of fused-ring (bicyclic) bond motifs is 1. The number of rotatable bonds is 4. The van der Waals surface area contributed by atoms with Crippen LogP contribution in [0.3, 0.4) is 0 Å². The van der Waals surface area contributed by atoms with Gasteiger partial charge in [-0.25, -0.2) is 4.98 Å². The maximum Gasteiger partial charge on any atom is 0.236 e. The summed E-state index contributed by atoms with van der Waals surface area (Å²) < 4.78 is 0. The lowest BCUT2D eigenvalue weighted by Gasteiger charge is -2.20. The van der Waals surface area contributed by atoms with Crippen LogP contribution in [-0.2, 0) is 4.79 Å². The molecule has 7 heteroatoms. The van der Waals surface area contributed by atoms with E-state index in [0.29, 0.717) is 12.4 Å². The number of anilines is 1. The summed E-state index contributed by atoms with van der Waals surface area (Å²) in [6.07, 6.45) is 0. The number of aromatic nitrogens is 2. The van der Waals surface area contributed by atoms with Crippen molar-refractivity contribution in [2.75, 3.05) is 18.0 Å². The Bertz CT molecular complexity index is 598. The SMILES string of the molecule is CCN(CC(N)=O)c1nc(Cl)nc2sc(C)cc12. The molecule has 0 aliphatic carbocycles. The number of carbonyl (C=O) groups is 1. The summed E-state index contributed by atoms with van der Waals surface area (Å²) in [5, 5.41) is 1.09. The summed E-state index contributed by atoms with van der Waals surface area (Å²) in [6, 6.07) is 2.00. The van der Waals surface area contributed by atoms with E-state index in [0.717, 1.165) is 15.1 Å². The molecule has 2 rings (SSSR count). The van der Waals surface area contributed by atoms with E-state index in [2.05, 4.69) is 9.97 Å². The van der Waals surface area contributed by atoms with Gasteiger partial charge in [-0.05, 0) is 31.5 Å². The van der Waals surface area contributed by atoms with E-state index < -0.39 is 5.91 Å². The second kappa shape index (κ2) is 5.07. The maximum atomic E-state index is 11.1. The molecule has 0 aliphatic rings. The van der Waals surface area contributed by atoms with Crippen LogP contribution in [0, 0.1) is 6.92 Å². The molecule has 0 radical (unpaired) electrons. The Morgan fingerprint density at radius 2 is 2.28 bits per heavy atom. The Hall–Kier alpha value is -1.40. The van der Waals surface area contributed by atoms with E-state index in [4.69, 9.17) is 17.3 Å². The first-order valence-corrected chi connectivity index (χ1v) is 6.67. The van der Waals surface area contributed by atoms with Gasteiger partial charge in [0, 0.05) is 11.4 Å². The maximum absolute atomic E-state index is 11.1. The Morgan fingerprint density at radius 1 is 1.56 bits per heavy atom. The van der Waals surface area contributed by atoms with Gasteiger partial charge in [0.2, 0.25) is 11.2 Å². The number of halogens is 1. The van der Waals surface area contributed by atoms with Crippen LogP contribution in [-0.4, -0.2) is 29.0 Å². The highest BCUT2D eigenvalue weighted by molar-refractivity contribution is 7.18. The third-order valence-electron chi connectivity index (χ3n) is 2.50. The Labute approximate surface area is 114 Å². The first-order valence-electron chi connectivity index (χ1n) is 5.48. The fourth-order valence-electron chi connectivity index (χ4n) is 1.77. The number of primary amides is 1. The van der Waals surface area contributed by atoms with Gasteiger partial charge < -0.3 is 10.6 Å².